The van der Waals surface area contributed by atoms with Gasteiger partial charge < -0.3 is 4.42 Å². The fourth-order valence-electron chi connectivity index (χ4n) is 2.22. The summed E-state index contributed by atoms with van der Waals surface area (Å²) < 4.78 is 7.56. The summed E-state index contributed by atoms with van der Waals surface area (Å²) in [6.07, 6.45) is 3.54. The van der Waals surface area contributed by atoms with Crippen LogP contribution in [0.1, 0.15) is 11.1 Å². The van der Waals surface area contributed by atoms with Crippen molar-refractivity contribution in [3.8, 4) is 11.3 Å². The van der Waals surface area contributed by atoms with Gasteiger partial charge in [0.2, 0.25) is 0 Å². The third kappa shape index (κ3) is 1.85. The average Bonchev–Trinajstić information content (AvgIpc) is 2.81. The molecular formula is C15H14N2O2. The Morgan fingerprint density at radius 3 is 2.74 bits per heavy atom. The largest absolute Gasteiger partial charge is 0.455 e. The van der Waals surface area contributed by atoms with Crippen LogP contribution in [0.2, 0.25) is 0 Å². The van der Waals surface area contributed by atoms with Gasteiger partial charge in [-0.1, -0.05) is 11.6 Å². The SMILES string of the molecule is Cc1ccc2oc(-c3cnn(C)c3)c(C)c(=O)c2c1. The molecule has 3 rings (SSSR count). The van der Waals surface area contributed by atoms with E-state index in [0.717, 1.165) is 11.1 Å². The van der Waals surface area contributed by atoms with Crippen LogP contribution in [0.25, 0.3) is 22.3 Å². The summed E-state index contributed by atoms with van der Waals surface area (Å²) in [6.45, 7) is 3.75. The lowest BCUT2D eigenvalue weighted by molar-refractivity contribution is 0.614. The predicted octanol–water partition coefficient (Wildman–Crippen LogP) is 2.81. The number of hydrogen-bond acceptors (Lipinski definition) is 3. The monoisotopic (exact) mass is 254 g/mol. The molecule has 1 aromatic carbocycles. The molecule has 4 nitrogen and oxygen atoms in total. The quantitative estimate of drug-likeness (QED) is 0.671. The maximum atomic E-state index is 12.4. The molecule has 0 aliphatic rings. The van der Waals surface area contributed by atoms with E-state index in [0.29, 0.717) is 22.3 Å². The normalized spacial score (nSPS) is 11.1. The number of hydrogen-bond donors (Lipinski definition) is 0. The molecule has 0 unspecified atom stereocenters. The third-order valence-electron chi connectivity index (χ3n) is 3.24. The molecule has 0 bridgehead atoms. The molecule has 4 heteroatoms. The Bertz CT molecular complexity index is 828. The minimum Gasteiger partial charge on any atom is -0.455 e. The number of rotatable bonds is 1. The summed E-state index contributed by atoms with van der Waals surface area (Å²) in [6, 6.07) is 5.64. The second-order valence-electron chi connectivity index (χ2n) is 4.79. The Balaban J connectivity index is 2.36. The molecule has 0 saturated heterocycles. The van der Waals surface area contributed by atoms with Crippen molar-refractivity contribution in [2.24, 2.45) is 7.05 Å². The highest BCUT2D eigenvalue weighted by atomic mass is 16.3. The van der Waals surface area contributed by atoms with Crippen LogP contribution >= 0.6 is 0 Å². The molecule has 96 valence electrons. The van der Waals surface area contributed by atoms with E-state index in [2.05, 4.69) is 5.10 Å². The maximum absolute atomic E-state index is 12.4. The minimum absolute atomic E-state index is 0.0174. The van der Waals surface area contributed by atoms with Crippen molar-refractivity contribution in [3.63, 3.8) is 0 Å². The molecule has 2 aromatic heterocycles. The summed E-state index contributed by atoms with van der Waals surface area (Å²) in [5.74, 6) is 0.592. The van der Waals surface area contributed by atoms with Crippen molar-refractivity contribution in [3.05, 3.63) is 51.9 Å². The standard InChI is InChI=1S/C15H14N2O2/c1-9-4-5-13-12(6-9)14(18)10(2)15(19-13)11-7-16-17(3)8-11/h4-8H,1-3H3. The van der Waals surface area contributed by atoms with E-state index in [1.807, 2.05) is 38.4 Å². The van der Waals surface area contributed by atoms with Gasteiger partial charge >= 0.3 is 0 Å². The first-order valence-electron chi connectivity index (χ1n) is 6.09. The minimum atomic E-state index is 0.0174. The van der Waals surface area contributed by atoms with Gasteiger partial charge in [-0.3, -0.25) is 9.48 Å². The number of fused-ring (bicyclic) bond motifs is 1. The van der Waals surface area contributed by atoms with Crippen molar-refractivity contribution < 1.29 is 4.42 Å². The van der Waals surface area contributed by atoms with Gasteiger partial charge in [0.15, 0.2) is 5.43 Å². The topological polar surface area (TPSA) is 48.0 Å². The zero-order chi connectivity index (χ0) is 13.6. The lowest BCUT2D eigenvalue weighted by Gasteiger charge is -2.05. The first kappa shape index (κ1) is 11.7. The van der Waals surface area contributed by atoms with E-state index in [4.69, 9.17) is 4.42 Å². The van der Waals surface area contributed by atoms with Gasteiger partial charge in [0.25, 0.3) is 0 Å². The summed E-state index contributed by atoms with van der Waals surface area (Å²) >= 11 is 0. The van der Waals surface area contributed by atoms with E-state index in [1.165, 1.54) is 0 Å². The number of aromatic nitrogens is 2. The lowest BCUT2D eigenvalue weighted by atomic mass is 10.1. The van der Waals surface area contributed by atoms with Crippen molar-refractivity contribution in [2.75, 3.05) is 0 Å². The zero-order valence-electron chi connectivity index (χ0n) is 11.1. The first-order chi connectivity index (χ1) is 9.06. The number of nitrogens with zero attached hydrogens (tertiary/aromatic N) is 2. The first-order valence-corrected chi connectivity index (χ1v) is 6.09. The highest BCUT2D eigenvalue weighted by Crippen LogP contribution is 2.25. The highest BCUT2D eigenvalue weighted by Gasteiger charge is 2.13. The molecule has 0 aliphatic carbocycles. The van der Waals surface area contributed by atoms with Gasteiger partial charge in [0.1, 0.15) is 11.3 Å². The fraction of sp³-hybridized carbons (Fsp3) is 0.200. The number of aryl methyl sites for hydroxylation is 2. The molecule has 2 heterocycles. The fourth-order valence-corrected chi connectivity index (χ4v) is 2.22. The summed E-state index contributed by atoms with van der Waals surface area (Å²) in [7, 11) is 1.83. The van der Waals surface area contributed by atoms with Crippen molar-refractivity contribution in [1.82, 2.24) is 9.78 Å². The molecule has 0 N–H and O–H groups in total. The molecule has 0 saturated carbocycles. The molecular weight excluding hydrogens is 240 g/mol. The van der Waals surface area contributed by atoms with Gasteiger partial charge in [-0.25, -0.2) is 0 Å². The Kier molecular flexibility index (Phi) is 2.52. The van der Waals surface area contributed by atoms with Crippen LogP contribution in [0.4, 0.5) is 0 Å². The van der Waals surface area contributed by atoms with Crippen LogP contribution in [0.5, 0.6) is 0 Å². The summed E-state index contributed by atoms with van der Waals surface area (Å²) in [5, 5.41) is 4.74. The van der Waals surface area contributed by atoms with Crippen LogP contribution in [0, 0.1) is 13.8 Å². The van der Waals surface area contributed by atoms with Crippen LogP contribution in [0.15, 0.2) is 39.8 Å². The van der Waals surface area contributed by atoms with E-state index in [1.54, 1.807) is 17.8 Å². The molecule has 0 spiro atoms. The zero-order valence-corrected chi connectivity index (χ0v) is 11.1. The van der Waals surface area contributed by atoms with Gasteiger partial charge in [-0.2, -0.15) is 5.10 Å². The van der Waals surface area contributed by atoms with Gasteiger partial charge in [0, 0.05) is 18.8 Å². The lowest BCUT2D eigenvalue weighted by Crippen LogP contribution is -2.07. The van der Waals surface area contributed by atoms with Crippen molar-refractivity contribution in [2.45, 2.75) is 13.8 Å². The second kappa shape index (κ2) is 4.09. The Morgan fingerprint density at radius 1 is 1.26 bits per heavy atom. The van der Waals surface area contributed by atoms with Crippen LogP contribution in [0.3, 0.4) is 0 Å². The third-order valence-corrected chi connectivity index (χ3v) is 3.24. The summed E-state index contributed by atoms with van der Waals surface area (Å²) in [4.78, 5) is 12.4. The predicted molar refractivity (Wildman–Crippen MR) is 74.2 cm³/mol. The van der Waals surface area contributed by atoms with Gasteiger partial charge in [0.05, 0.1) is 17.1 Å². The van der Waals surface area contributed by atoms with Crippen LogP contribution in [-0.4, -0.2) is 9.78 Å². The van der Waals surface area contributed by atoms with Crippen molar-refractivity contribution in [1.29, 1.82) is 0 Å². The van der Waals surface area contributed by atoms with E-state index >= 15 is 0 Å². The van der Waals surface area contributed by atoms with Gasteiger partial charge in [-0.05, 0) is 26.0 Å². The maximum Gasteiger partial charge on any atom is 0.196 e. The van der Waals surface area contributed by atoms with Crippen LogP contribution < -0.4 is 5.43 Å². The number of benzene rings is 1. The molecule has 0 fully saturated rings. The Morgan fingerprint density at radius 2 is 2.05 bits per heavy atom. The van der Waals surface area contributed by atoms with Crippen LogP contribution in [-0.2, 0) is 7.05 Å². The molecule has 3 aromatic rings. The van der Waals surface area contributed by atoms with E-state index in [9.17, 15) is 4.79 Å². The second-order valence-corrected chi connectivity index (χ2v) is 4.79. The molecule has 0 aliphatic heterocycles. The van der Waals surface area contributed by atoms with Gasteiger partial charge in [-0.15, -0.1) is 0 Å². The Hall–Kier alpha value is -2.36. The molecule has 0 atom stereocenters. The smallest absolute Gasteiger partial charge is 0.196 e. The summed E-state index contributed by atoms with van der Waals surface area (Å²) in [5.41, 5.74) is 3.11. The average molecular weight is 254 g/mol. The highest BCUT2D eigenvalue weighted by molar-refractivity contribution is 5.80. The Labute approximate surface area is 110 Å². The molecule has 19 heavy (non-hydrogen) atoms. The van der Waals surface area contributed by atoms with Crippen molar-refractivity contribution >= 4 is 11.0 Å². The van der Waals surface area contributed by atoms with E-state index < -0.39 is 0 Å². The van der Waals surface area contributed by atoms with E-state index in [-0.39, 0.29) is 5.43 Å². The molecule has 0 radical (unpaired) electrons. The molecule has 0 amide bonds.